The van der Waals surface area contributed by atoms with Crippen LogP contribution in [0.4, 0.5) is 0 Å². The van der Waals surface area contributed by atoms with Crippen LogP contribution in [0.1, 0.15) is 31.2 Å². The van der Waals surface area contributed by atoms with Crippen LogP contribution in [-0.4, -0.2) is 36.5 Å². The molecule has 0 spiro atoms. The number of carbonyl (C=O) groups excluding carboxylic acids is 1. The number of hydrogen-bond donors (Lipinski definition) is 1. The van der Waals surface area contributed by atoms with Crippen LogP contribution in [0.2, 0.25) is 0 Å². The summed E-state index contributed by atoms with van der Waals surface area (Å²) in [5.74, 6) is 0.792. The van der Waals surface area contributed by atoms with Crippen LogP contribution in [0.15, 0.2) is 36.4 Å². The molecule has 1 amide bonds. The molecule has 3 nitrogen and oxygen atoms in total. The number of benzene rings is 1. The smallest absolute Gasteiger partial charge is 0.246 e. The van der Waals surface area contributed by atoms with E-state index in [-0.39, 0.29) is 5.91 Å². The maximum Gasteiger partial charge on any atom is 0.246 e. The monoisotopic (exact) mass is 284 g/mol. The van der Waals surface area contributed by atoms with Gasteiger partial charge in [0.25, 0.3) is 0 Å². The molecule has 3 rings (SSSR count). The van der Waals surface area contributed by atoms with Gasteiger partial charge in [-0.25, -0.2) is 0 Å². The van der Waals surface area contributed by atoms with Gasteiger partial charge >= 0.3 is 0 Å². The van der Waals surface area contributed by atoms with Crippen LogP contribution >= 0.6 is 0 Å². The Hall–Kier alpha value is -1.61. The summed E-state index contributed by atoms with van der Waals surface area (Å²) in [4.78, 5) is 14.6. The van der Waals surface area contributed by atoms with Crippen molar-refractivity contribution in [3.8, 4) is 0 Å². The quantitative estimate of drug-likeness (QED) is 0.843. The summed E-state index contributed by atoms with van der Waals surface area (Å²) < 4.78 is 0. The van der Waals surface area contributed by atoms with Crippen LogP contribution in [-0.2, 0) is 4.79 Å². The molecule has 1 unspecified atom stereocenters. The van der Waals surface area contributed by atoms with Gasteiger partial charge in [0.2, 0.25) is 5.91 Å². The first kappa shape index (κ1) is 14.3. The Morgan fingerprint density at radius 3 is 2.71 bits per heavy atom. The summed E-state index contributed by atoms with van der Waals surface area (Å²) in [5, 5.41) is 3.44. The number of nitrogens with zero attached hydrogens (tertiary/aromatic N) is 1. The first-order valence-electron chi connectivity index (χ1n) is 8.07. The molecule has 0 aromatic heterocycles. The second-order valence-electron chi connectivity index (χ2n) is 6.18. The molecule has 2 aliphatic rings. The average molecular weight is 284 g/mol. The second kappa shape index (κ2) is 6.90. The highest BCUT2D eigenvalue weighted by Crippen LogP contribution is 2.29. The minimum absolute atomic E-state index is 0.173. The zero-order valence-corrected chi connectivity index (χ0v) is 12.5. The van der Waals surface area contributed by atoms with Gasteiger partial charge in [-0.05, 0) is 56.3 Å². The fraction of sp³-hybridized carbons (Fsp3) is 0.500. The van der Waals surface area contributed by atoms with E-state index in [2.05, 4.69) is 10.2 Å². The fourth-order valence-corrected chi connectivity index (χ4v) is 2.99. The van der Waals surface area contributed by atoms with Crippen molar-refractivity contribution in [1.29, 1.82) is 0 Å². The number of nitrogens with one attached hydrogen (secondary N) is 1. The van der Waals surface area contributed by atoms with Gasteiger partial charge in [-0.2, -0.15) is 0 Å². The molecule has 1 aliphatic carbocycles. The predicted octanol–water partition coefficient (Wildman–Crippen LogP) is 2.69. The predicted molar refractivity (Wildman–Crippen MR) is 85.8 cm³/mol. The lowest BCUT2D eigenvalue weighted by Crippen LogP contribution is -2.41. The molecule has 0 radical (unpaired) electrons. The molecular formula is C18H24N2O. The third-order valence-corrected chi connectivity index (χ3v) is 4.34. The topological polar surface area (TPSA) is 32.3 Å². The van der Waals surface area contributed by atoms with Crippen LogP contribution < -0.4 is 5.32 Å². The van der Waals surface area contributed by atoms with Crippen molar-refractivity contribution in [2.75, 3.05) is 19.6 Å². The Morgan fingerprint density at radius 2 is 2.05 bits per heavy atom. The van der Waals surface area contributed by atoms with Gasteiger partial charge < -0.3 is 10.2 Å². The summed E-state index contributed by atoms with van der Waals surface area (Å²) in [6, 6.07) is 10.5. The van der Waals surface area contributed by atoms with Gasteiger partial charge in [0.1, 0.15) is 0 Å². The Balaban J connectivity index is 1.60. The average Bonchev–Trinajstić information content (AvgIpc) is 3.37. The van der Waals surface area contributed by atoms with E-state index in [0.717, 1.165) is 25.2 Å². The van der Waals surface area contributed by atoms with Crippen LogP contribution in [0.5, 0.6) is 0 Å². The highest BCUT2D eigenvalue weighted by atomic mass is 16.2. The molecule has 3 heteroatoms. The van der Waals surface area contributed by atoms with Crippen molar-refractivity contribution < 1.29 is 4.79 Å². The highest BCUT2D eigenvalue weighted by Gasteiger charge is 2.33. The Bertz CT molecular complexity index is 487. The van der Waals surface area contributed by atoms with Gasteiger partial charge in [-0.15, -0.1) is 0 Å². The summed E-state index contributed by atoms with van der Waals surface area (Å²) in [5.41, 5.74) is 1.08. The van der Waals surface area contributed by atoms with E-state index in [1.54, 1.807) is 6.08 Å². The zero-order valence-electron chi connectivity index (χ0n) is 12.5. The van der Waals surface area contributed by atoms with Gasteiger partial charge in [-0.1, -0.05) is 30.3 Å². The SMILES string of the molecule is O=C(/C=C/c1ccccc1)N(CC1CCCNC1)C1CC1. The number of piperidine rings is 1. The third kappa shape index (κ3) is 4.18. The largest absolute Gasteiger partial charge is 0.336 e. The number of rotatable bonds is 5. The lowest BCUT2D eigenvalue weighted by atomic mass is 9.99. The summed E-state index contributed by atoms with van der Waals surface area (Å²) in [6.07, 6.45) is 8.49. The van der Waals surface area contributed by atoms with E-state index in [1.807, 2.05) is 36.4 Å². The highest BCUT2D eigenvalue weighted by molar-refractivity contribution is 5.92. The Kier molecular flexibility index (Phi) is 4.71. The number of amides is 1. The summed E-state index contributed by atoms with van der Waals surface area (Å²) >= 11 is 0. The van der Waals surface area contributed by atoms with E-state index in [1.165, 1.54) is 25.7 Å². The van der Waals surface area contributed by atoms with Crippen molar-refractivity contribution in [3.63, 3.8) is 0 Å². The molecular weight excluding hydrogens is 260 g/mol. The van der Waals surface area contributed by atoms with Crippen molar-refractivity contribution in [1.82, 2.24) is 10.2 Å². The molecule has 1 atom stereocenters. The van der Waals surface area contributed by atoms with Gasteiger partial charge in [0, 0.05) is 18.7 Å². The number of carbonyl (C=O) groups is 1. The van der Waals surface area contributed by atoms with Crippen molar-refractivity contribution in [3.05, 3.63) is 42.0 Å². The molecule has 2 fully saturated rings. The van der Waals surface area contributed by atoms with E-state index < -0.39 is 0 Å². The molecule has 1 aromatic carbocycles. The molecule has 1 aromatic rings. The number of hydrogen-bond acceptors (Lipinski definition) is 2. The van der Waals surface area contributed by atoms with Gasteiger partial charge in [-0.3, -0.25) is 4.79 Å². The van der Waals surface area contributed by atoms with Crippen LogP contribution in [0.3, 0.4) is 0 Å². The zero-order chi connectivity index (χ0) is 14.5. The lowest BCUT2D eigenvalue weighted by molar-refractivity contribution is -0.127. The first-order valence-corrected chi connectivity index (χ1v) is 8.07. The van der Waals surface area contributed by atoms with E-state index in [4.69, 9.17) is 0 Å². The molecule has 1 heterocycles. The van der Waals surface area contributed by atoms with Crippen LogP contribution in [0, 0.1) is 5.92 Å². The fourth-order valence-electron chi connectivity index (χ4n) is 2.99. The van der Waals surface area contributed by atoms with E-state index in [9.17, 15) is 4.79 Å². The summed E-state index contributed by atoms with van der Waals surface area (Å²) in [7, 11) is 0. The molecule has 0 bridgehead atoms. The maximum absolute atomic E-state index is 12.5. The molecule has 1 aliphatic heterocycles. The normalized spacial score (nSPS) is 22.4. The molecule has 1 saturated carbocycles. The summed E-state index contributed by atoms with van der Waals surface area (Å²) in [6.45, 7) is 3.09. The Labute approximate surface area is 127 Å². The Morgan fingerprint density at radius 1 is 1.24 bits per heavy atom. The lowest BCUT2D eigenvalue weighted by Gasteiger charge is -2.29. The standard InChI is InChI=1S/C18H24N2O/c21-18(11-8-15-5-2-1-3-6-15)20(17-9-10-17)14-16-7-4-12-19-13-16/h1-3,5-6,8,11,16-17,19H,4,7,9-10,12-14H2/b11-8+. The van der Waals surface area contributed by atoms with Crippen molar-refractivity contribution in [2.24, 2.45) is 5.92 Å². The molecule has 21 heavy (non-hydrogen) atoms. The molecule has 1 saturated heterocycles. The minimum atomic E-state index is 0.173. The van der Waals surface area contributed by atoms with Crippen molar-refractivity contribution in [2.45, 2.75) is 31.7 Å². The van der Waals surface area contributed by atoms with Gasteiger partial charge in [0.05, 0.1) is 0 Å². The third-order valence-electron chi connectivity index (χ3n) is 4.34. The van der Waals surface area contributed by atoms with E-state index in [0.29, 0.717) is 12.0 Å². The maximum atomic E-state index is 12.5. The molecule has 1 N–H and O–H groups in total. The van der Waals surface area contributed by atoms with Crippen LogP contribution in [0.25, 0.3) is 6.08 Å². The van der Waals surface area contributed by atoms with Crippen molar-refractivity contribution >= 4 is 12.0 Å². The first-order chi connectivity index (χ1) is 10.3. The molecule has 112 valence electrons. The van der Waals surface area contributed by atoms with Gasteiger partial charge in [0.15, 0.2) is 0 Å². The van der Waals surface area contributed by atoms with E-state index >= 15 is 0 Å². The second-order valence-corrected chi connectivity index (χ2v) is 6.18. The minimum Gasteiger partial charge on any atom is -0.336 e.